The first-order valence-corrected chi connectivity index (χ1v) is 5.71. The van der Waals surface area contributed by atoms with Gasteiger partial charge in [-0.05, 0) is 25.3 Å². The fraction of sp³-hybridized carbons (Fsp3) is 0.538. The van der Waals surface area contributed by atoms with Crippen molar-refractivity contribution in [3.63, 3.8) is 0 Å². The van der Waals surface area contributed by atoms with Crippen molar-refractivity contribution < 1.29 is 0 Å². The molecule has 0 radical (unpaired) electrons. The molecule has 0 aromatic carbocycles. The van der Waals surface area contributed by atoms with Gasteiger partial charge in [0.1, 0.15) is 11.8 Å². The lowest BCUT2D eigenvalue weighted by molar-refractivity contribution is 0.441. The Hall–Kier alpha value is -1.40. The number of hydrogen-bond donors (Lipinski definition) is 1. The van der Waals surface area contributed by atoms with E-state index in [1.807, 2.05) is 12.1 Å². The molecule has 1 unspecified atom stereocenters. The molecule has 3 heteroatoms. The van der Waals surface area contributed by atoms with Gasteiger partial charge in [-0.1, -0.05) is 19.9 Å². The Morgan fingerprint density at radius 1 is 1.44 bits per heavy atom. The number of aromatic nitrogens is 1. The maximum absolute atomic E-state index is 8.89. The summed E-state index contributed by atoms with van der Waals surface area (Å²) in [6.07, 6.45) is 2.79. The zero-order chi connectivity index (χ0) is 12.0. The number of hydrogen-bond acceptors (Lipinski definition) is 3. The first-order valence-electron chi connectivity index (χ1n) is 5.71. The minimum absolute atomic E-state index is 0.465. The second-order valence-corrected chi connectivity index (χ2v) is 4.53. The largest absolute Gasteiger partial charge is 0.310 e. The average Bonchev–Trinajstić information content (AvgIpc) is 2.26. The summed E-state index contributed by atoms with van der Waals surface area (Å²) in [6.45, 7) is 7.30. The third kappa shape index (κ3) is 4.00. The van der Waals surface area contributed by atoms with E-state index >= 15 is 0 Å². The van der Waals surface area contributed by atoms with E-state index in [0.29, 0.717) is 24.2 Å². The van der Waals surface area contributed by atoms with Crippen molar-refractivity contribution in [3.05, 3.63) is 29.6 Å². The van der Waals surface area contributed by atoms with E-state index in [1.54, 1.807) is 6.20 Å². The zero-order valence-corrected chi connectivity index (χ0v) is 10.2. The fourth-order valence-electron chi connectivity index (χ4n) is 1.76. The van der Waals surface area contributed by atoms with Gasteiger partial charge in [0.2, 0.25) is 0 Å². The summed E-state index contributed by atoms with van der Waals surface area (Å²) in [7, 11) is 0. The molecular formula is C13H19N3. The van der Waals surface area contributed by atoms with Gasteiger partial charge in [0.05, 0.1) is 0 Å². The second-order valence-electron chi connectivity index (χ2n) is 4.53. The summed E-state index contributed by atoms with van der Waals surface area (Å²) in [6, 6.07) is 6.38. The van der Waals surface area contributed by atoms with E-state index < -0.39 is 0 Å². The lowest BCUT2D eigenvalue weighted by Crippen LogP contribution is -2.27. The number of pyridine rings is 1. The molecule has 0 aliphatic heterocycles. The molecule has 0 amide bonds. The first-order chi connectivity index (χ1) is 7.63. The summed E-state index contributed by atoms with van der Waals surface area (Å²) in [5, 5.41) is 12.3. The smallest absolute Gasteiger partial charge is 0.144 e. The molecule has 1 rings (SSSR count). The highest BCUT2D eigenvalue weighted by Gasteiger charge is 2.06. The van der Waals surface area contributed by atoms with E-state index in [2.05, 4.69) is 37.1 Å². The minimum atomic E-state index is 0.465. The first kappa shape index (κ1) is 12.7. The Kier molecular flexibility index (Phi) is 4.94. The lowest BCUT2D eigenvalue weighted by Gasteiger charge is -2.16. The van der Waals surface area contributed by atoms with Gasteiger partial charge in [-0.15, -0.1) is 0 Å². The van der Waals surface area contributed by atoms with Crippen molar-refractivity contribution in [2.24, 2.45) is 5.92 Å². The van der Waals surface area contributed by atoms with Crippen molar-refractivity contribution in [3.8, 4) is 6.07 Å². The molecule has 0 fully saturated rings. The number of nitrogens with zero attached hydrogens (tertiary/aromatic N) is 2. The Balaban J connectivity index is 2.52. The van der Waals surface area contributed by atoms with Crippen molar-refractivity contribution in [1.82, 2.24) is 10.3 Å². The van der Waals surface area contributed by atoms with Gasteiger partial charge in [0.15, 0.2) is 0 Å². The van der Waals surface area contributed by atoms with Gasteiger partial charge in [0.25, 0.3) is 0 Å². The van der Waals surface area contributed by atoms with Crippen LogP contribution in [0.4, 0.5) is 0 Å². The van der Waals surface area contributed by atoms with E-state index in [-0.39, 0.29) is 0 Å². The summed E-state index contributed by atoms with van der Waals surface area (Å²) in [5.41, 5.74) is 1.49. The topological polar surface area (TPSA) is 48.7 Å². The Labute approximate surface area is 97.5 Å². The van der Waals surface area contributed by atoms with Gasteiger partial charge in [-0.25, -0.2) is 4.98 Å². The van der Waals surface area contributed by atoms with Crippen molar-refractivity contribution >= 4 is 0 Å². The highest BCUT2D eigenvalue weighted by atomic mass is 14.9. The number of rotatable bonds is 5. The molecule has 1 heterocycles. The molecule has 0 spiro atoms. The average molecular weight is 217 g/mol. The van der Waals surface area contributed by atoms with Crippen LogP contribution in [-0.2, 0) is 6.54 Å². The van der Waals surface area contributed by atoms with Crippen LogP contribution in [0.25, 0.3) is 0 Å². The molecular weight excluding hydrogens is 198 g/mol. The van der Waals surface area contributed by atoms with Gasteiger partial charge in [-0.3, -0.25) is 0 Å². The number of nitrogens with one attached hydrogen (secondary N) is 1. The molecule has 1 aromatic rings. The Morgan fingerprint density at radius 2 is 2.19 bits per heavy atom. The van der Waals surface area contributed by atoms with Gasteiger partial charge in [0, 0.05) is 24.3 Å². The second kappa shape index (κ2) is 6.24. The normalized spacial score (nSPS) is 12.4. The molecule has 0 aliphatic rings. The fourth-order valence-corrected chi connectivity index (χ4v) is 1.76. The summed E-state index contributed by atoms with van der Waals surface area (Å²) >= 11 is 0. The van der Waals surface area contributed by atoms with Crippen molar-refractivity contribution in [1.29, 1.82) is 5.26 Å². The van der Waals surface area contributed by atoms with Crippen LogP contribution in [-0.4, -0.2) is 11.0 Å². The zero-order valence-electron chi connectivity index (χ0n) is 10.2. The van der Waals surface area contributed by atoms with Crippen molar-refractivity contribution in [2.45, 2.75) is 39.8 Å². The molecule has 0 saturated carbocycles. The lowest BCUT2D eigenvalue weighted by atomic mass is 10.0. The van der Waals surface area contributed by atoms with Gasteiger partial charge in [-0.2, -0.15) is 5.26 Å². The number of nitriles is 1. The molecule has 1 N–H and O–H groups in total. The third-order valence-electron chi connectivity index (χ3n) is 2.46. The summed E-state index contributed by atoms with van der Waals surface area (Å²) in [4.78, 5) is 4.03. The molecule has 0 bridgehead atoms. The standard InChI is InChI=1S/C13H19N3/c1-10(2)7-11(3)16-9-12-5-4-6-15-13(12)8-14/h4-6,10-11,16H,7,9H2,1-3H3. The van der Waals surface area contributed by atoms with E-state index in [9.17, 15) is 0 Å². The Morgan fingerprint density at radius 3 is 2.81 bits per heavy atom. The molecule has 1 atom stereocenters. The van der Waals surface area contributed by atoms with E-state index in [4.69, 9.17) is 5.26 Å². The van der Waals surface area contributed by atoms with E-state index in [1.165, 1.54) is 0 Å². The highest BCUT2D eigenvalue weighted by molar-refractivity contribution is 5.30. The predicted molar refractivity (Wildman–Crippen MR) is 64.7 cm³/mol. The summed E-state index contributed by atoms with van der Waals surface area (Å²) < 4.78 is 0. The van der Waals surface area contributed by atoms with Gasteiger partial charge < -0.3 is 5.32 Å². The van der Waals surface area contributed by atoms with Crippen LogP contribution in [0.5, 0.6) is 0 Å². The van der Waals surface area contributed by atoms with Crippen LogP contribution in [0.3, 0.4) is 0 Å². The van der Waals surface area contributed by atoms with Crippen LogP contribution >= 0.6 is 0 Å². The van der Waals surface area contributed by atoms with E-state index in [0.717, 1.165) is 12.0 Å². The van der Waals surface area contributed by atoms with Crippen molar-refractivity contribution in [2.75, 3.05) is 0 Å². The molecule has 86 valence electrons. The SMILES string of the molecule is CC(C)CC(C)NCc1cccnc1C#N. The highest BCUT2D eigenvalue weighted by Crippen LogP contribution is 2.07. The predicted octanol–water partition coefficient (Wildman–Crippen LogP) is 2.48. The molecule has 0 aliphatic carbocycles. The minimum Gasteiger partial charge on any atom is -0.310 e. The van der Waals surface area contributed by atoms with Crippen LogP contribution in [0.1, 0.15) is 38.4 Å². The van der Waals surface area contributed by atoms with Gasteiger partial charge >= 0.3 is 0 Å². The Bertz CT molecular complexity index is 366. The molecule has 0 saturated heterocycles. The molecule has 3 nitrogen and oxygen atoms in total. The maximum Gasteiger partial charge on any atom is 0.144 e. The molecule has 16 heavy (non-hydrogen) atoms. The van der Waals surface area contributed by atoms with Crippen LogP contribution in [0.15, 0.2) is 18.3 Å². The molecule has 1 aromatic heterocycles. The monoisotopic (exact) mass is 217 g/mol. The quantitative estimate of drug-likeness (QED) is 0.824. The van der Waals surface area contributed by atoms with Crippen LogP contribution < -0.4 is 5.32 Å². The van der Waals surface area contributed by atoms with Crippen LogP contribution in [0.2, 0.25) is 0 Å². The third-order valence-corrected chi connectivity index (χ3v) is 2.46. The van der Waals surface area contributed by atoms with Crippen LogP contribution in [0, 0.1) is 17.2 Å². The maximum atomic E-state index is 8.89. The summed E-state index contributed by atoms with van der Waals surface area (Å²) in [5.74, 6) is 0.687.